The summed E-state index contributed by atoms with van der Waals surface area (Å²) in [5, 5.41) is 26.3. The molecule has 0 saturated carbocycles. The smallest absolute Gasteiger partial charge is 0.303 e. The minimum absolute atomic E-state index is 0.0163. The molecule has 0 bridgehead atoms. The molecule has 7 nitrogen and oxygen atoms in total. The molecule has 1 atom stereocenters. The van der Waals surface area contributed by atoms with E-state index < -0.39 is 12.1 Å². The Balaban J connectivity index is 1.78. The Morgan fingerprint density at radius 3 is 2.52 bits per heavy atom. The Bertz CT molecular complexity index is 547. The van der Waals surface area contributed by atoms with Crippen LogP contribution in [-0.2, 0) is 4.79 Å². The lowest BCUT2D eigenvalue weighted by molar-refractivity contribution is -0.137. The molecule has 1 aromatic carbocycles. The molecule has 1 aliphatic rings. The number of amidine groups is 1. The molecule has 126 valence electrons. The third-order valence-electron chi connectivity index (χ3n) is 4.04. The van der Waals surface area contributed by atoms with Gasteiger partial charge < -0.3 is 15.9 Å². The molecule has 0 spiro atoms. The number of nitrogen functional groups attached to an aromatic ring is 1. The predicted octanol–water partition coefficient (Wildman–Crippen LogP) is 0.444. The van der Waals surface area contributed by atoms with E-state index in [1.54, 1.807) is 24.3 Å². The number of rotatable bonds is 8. The van der Waals surface area contributed by atoms with Gasteiger partial charge in [-0.3, -0.25) is 20.0 Å². The topological polar surface area (TPSA) is 114 Å². The molecule has 1 aromatic rings. The number of nitrogens with zero attached hydrogens (tertiary/aromatic N) is 2. The molecule has 0 aliphatic carbocycles. The molecule has 0 radical (unpaired) electrons. The van der Waals surface area contributed by atoms with E-state index >= 15 is 0 Å². The Labute approximate surface area is 135 Å². The van der Waals surface area contributed by atoms with Gasteiger partial charge in [-0.1, -0.05) is 24.3 Å². The van der Waals surface area contributed by atoms with Crippen LogP contribution in [0.15, 0.2) is 24.3 Å². The highest BCUT2D eigenvalue weighted by Gasteiger charge is 2.22. The number of carboxylic acid groups (broad SMARTS) is 1. The molecule has 1 unspecified atom stereocenters. The maximum absolute atomic E-state index is 10.5. The van der Waals surface area contributed by atoms with Gasteiger partial charge in [-0.15, -0.1) is 0 Å². The van der Waals surface area contributed by atoms with Crippen molar-refractivity contribution in [2.45, 2.75) is 18.9 Å². The molecule has 1 heterocycles. The first-order valence-corrected chi connectivity index (χ1v) is 7.74. The van der Waals surface area contributed by atoms with Crippen molar-refractivity contribution >= 4 is 11.8 Å². The fourth-order valence-electron chi connectivity index (χ4n) is 2.73. The highest BCUT2D eigenvalue weighted by Crippen LogP contribution is 2.17. The largest absolute Gasteiger partial charge is 0.481 e. The summed E-state index contributed by atoms with van der Waals surface area (Å²) in [6.07, 6.45) is 0.259. The number of β-amino-alcohol motifs (C(OH)–C–C–N with tert-alkyl or cyclic N) is 1. The first-order valence-electron chi connectivity index (χ1n) is 7.74. The van der Waals surface area contributed by atoms with Crippen molar-refractivity contribution in [3.05, 3.63) is 35.4 Å². The van der Waals surface area contributed by atoms with Crippen molar-refractivity contribution in [1.82, 2.24) is 9.80 Å². The van der Waals surface area contributed by atoms with Crippen molar-refractivity contribution in [2.75, 3.05) is 32.8 Å². The van der Waals surface area contributed by atoms with Gasteiger partial charge in [-0.05, 0) is 18.5 Å². The highest BCUT2D eigenvalue weighted by atomic mass is 16.4. The summed E-state index contributed by atoms with van der Waals surface area (Å²) >= 11 is 0. The quantitative estimate of drug-likeness (QED) is 0.408. The molecule has 23 heavy (non-hydrogen) atoms. The molecule has 0 amide bonds. The van der Waals surface area contributed by atoms with Crippen molar-refractivity contribution in [2.24, 2.45) is 5.73 Å². The molecule has 5 N–H and O–H groups in total. The van der Waals surface area contributed by atoms with Crippen LogP contribution in [0.25, 0.3) is 0 Å². The van der Waals surface area contributed by atoms with Gasteiger partial charge in [0.15, 0.2) is 0 Å². The average Bonchev–Trinajstić information content (AvgIpc) is 2.94. The van der Waals surface area contributed by atoms with Gasteiger partial charge in [0.2, 0.25) is 0 Å². The number of aliphatic carboxylic acids is 1. The van der Waals surface area contributed by atoms with Crippen LogP contribution < -0.4 is 5.73 Å². The zero-order valence-electron chi connectivity index (χ0n) is 13.1. The van der Waals surface area contributed by atoms with E-state index in [4.69, 9.17) is 16.2 Å². The molecule has 1 fully saturated rings. The van der Waals surface area contributed by atoms with E-state index in [0.717, 1.165) is 31.9 Å². The summed E-state index contributed by atoms with van der Waals surface area (Å²) in [6.45, 7) is 3.83. The maximum Gasteiger partial charge on any atom is 0.303 e. The number of benzene rings is 1. The second-order valence-electron chi connectivity index (χ2n) is 5.89. The number of carboxylic acids is 1. The normalized spacial score (nSPS) is 17.3. The number of nitrogens with one attached hydrogen (secondary N) is 1. The lowest BCUT2D eigenvalue weighted by atomic mass is 10.1. The van der Waals surface area contributed by atoms with Gasteiger partial charge in [-0.2, -0.15) is 0 Å². The van der Waals surface area contributed by atoms with E-state index in [9.17, 15) is 9.90 Å². The van der Waals surface area contributed by atoms with E-state index in [0.29, 0.717) is 18.5 Å². The zero-order valence-corrected chi connectivity index (χ0v) is 13.1. The first kappa shape index (κ1) is 17.4. The lowest BCUT2D eigenvalue weighted by Gasteiger charge is -2.21. The number of hydrogen-bond acceptors (Lipinski definition) is 5. The SMILES string of the molecule is N=C(N)c1ccc(C(O)CN2CCN(CCCC(=O)O)C2)cc1. The molecular weight excluding hydrogens is 296 g/mol. The van der Waals surface area contributed by atoms with Crippen LogP contribution in [0.2, 0.25) is 0 Å². The van der Waals surface area contributed by atoms with Crippen LogP contribution >= 0.6 is 0 Å². The molecule has 0 aromatic heterocycles. The fourth-order valence-corrected chi connectivity index (χ4v) is 2.73. The summed E-state index contributed by atoms with van der Waals surface area (Å²) in [5.74, 6) is -0.743. The summed E-state index contributed by atoms with van der Waals surface area (Å²) < 4.78 is 0. The second-order valence-corrected chi connectivity index (χ2v) is 5.89. The van der Waals surface area contributed by atoms with Crippen LogP contribution in [0, 0.1) is 5.41 Å². The highest BCUT2D eigenvalue weighted by molar-refractivity contribution is 5.94. The zero-order chi connectivity index (χ0) is 16.8. The van der Waals surface area contributed by atoms with Crippen molar-refractivity contribution in [3.8, 4) is 0 Å². The Morgan fingerprint density at radius 2 is 1.91 bits per heavy atom. The third kappa shape index (κ3) is 5.31. The third-order valence-corrected chi connectivity index (χ3v) is 4.04. The minimum atomic E-state index is -0.759. The minimum Gasteiger partial charge on any atom is -0.481 e. The van der Waals surface area contributed by atoms with Gasteiger partial charge in [0.05, 0.1) is 12.8 Å². The number of carbonyl (C=O) groups is 1. The van der Waals surface area contributed by atoms with Crippen LogP contribution in [0.5, 0.6) is 0 Å². The van der Waals surface area contributed by atoms with Crippen molar-refractivity contribution < 1.29 is 15.0 Å². The van der Waals surface area contributed by atoms with Gasteiger partial charge >= 0.3 is 5.97 Å². The van der Waals surface area contributed by atoms with Gasteiger partial charge in [0.25, 0.3) is 0 Å². The van der Waals surface area contributed by atoms with Gasteiger partial charge in [-0.25, -0.2) is 0 Å². The second kappa shape index (κ2) is 8.05. The van der Waals surface area contributed by atoms with Crippen LogP contribution in [0.3, 0.4) is 0 Å². The number of aliphatic hydroxyl groups is 1. The standard InChI is InChI=1S/C16H24N4O3/c17-16(18)13-5-3-12(4-6-13)14(21)10-20-9-8-19(11-20)7-1-2-15(22)23/h3-6,14,21H,1-2,7-11H2,(H3,17,18)(H,22,23). The predicted molar refractivity (Wildman–Crippen MR) is 87.3 cm³/mol. The van der Waals surface area contributed by atoms with E-state index in [1.165, 1.54) is 0 Å². The molecular formula is C16H24N4O3. The van der Waals surface area contributed by atoms with Crippen molar-refractivity contribution in [3.63, 3.8) is 0 Å². The van der Waals surface area contributed by atoms with E-state index in [-0.39, 0.29) is 12.3 Å². The monoisotopic (exact) mass is 320 g/mol. The Kier molecular flexibility index (Phi) is 6.09. The van der Waals surface area contributed by atoms with Crippen LogP contribution in [-0.4, -0.2) is 64.7 Å². The number of hydrogen-bond donors (Lipinski definition) is 4. The molecule has 2 rings (SSSR count). The molecule has 1 saturated heterocycles. The lowest BCUT2D eigenvalue weighted by Crippen LogP contribution is -2.29. The Morgan fingerprint density at radius 1 is 1.26 bits per heavy atom. The van der Waals surface area contributed by atoms with Crippen molar-refractivity contribution in [1.29, 1.82) is 5.41 Å². The van der Waals surface area contributed by atoms with Gasteiger partial charge in [0.1, 0.15) is 5.84 Å². The molecule has 1 aliphatic heterocycles. The average molecular weight is 320 g/mol. The molecule has 7 heteroatoms. The summed E-state index contributed by atoms with van der Waals surface area (Å²) in [4.78, 5) is 14.9. The summed E-state index contributed by atoms with van der Waals surface area (Å²) in [5.41, 5.74) is 6.87. The first-order chi connectivity index (χ1) is 11.0. The summed E-state index contributed by atoms with van der Waals surface area (Å²) in [6, 6.07) is 7.07. The Hall–Kier alpha value is -1.96. The summed E-state index contributed by atoms with van der Waals surface area (Å²) in [7, 11) is 0. The van der Waals surface area contributed by atoms with E-state index in [1.807, 2.05) is 0 Å². The number of aliphatic hydroxyl groups excluding tert-OH is 1. The number of nitrogens with two attached hydrogens (primary N) is 1. The maximum atomic E-state index is 10.5. The van der Waals surface area contributed by atoms with Crippen LogP contribution in [0.1, 0.15) is 30.1 Å². The van der Waals surface area contributed by atoms with Gasteiger partial charge in [0, 0.05) is 31.6 Å². The van der Waals surface area contributed by atoms with Crippen LogP contribution in [0.4, 0.5) is 0 Å². The van der Waals surface area contributed by atoms with E-state index in [2.05, 4.69) is 9.80 Å². The fraction of sp³-hybridized carbons (Fsp3) is 0.500.